The van der Waals surface area contributed by atoms with Gasteiger partial charge in [0, 0.05) is 44.4 Å². The maximum atomic E-state index is 5.74. The topological polar surface area (TPSA) is 65.1 Å². The van der Waals surface area contributed by atoms with Gasteiger partial charge in [-0.3, -0.25) is 11.3 Å². The number of hydrazine groups is 1. The zero-order valence-corrected chi connectivity index (χ0v) is 11.3. The molecule has 0 amide bonds. The summed E-state index contributed by atoms with van der Waals surface area (Å²) in [6.45, 7) is 3.04. The van der Waals surface area contributed by atoms with Gasteiger partial charge in [0.15, 0.2) is 0 Å². The summed E-state index contributed by atoms with van der Waals surface area (Å²) in [5, 5.41) is 0. The molecule has 0 bridgehead atoms. The molecule has 1 aromatic rings. The average Bonchev–Trinajstić information content (AvgIpc) is 2.99. The smallest absolute Gasteiger partial charge is 0.108 e. The van der Waals surface area contributed by atoms with Crippen LogP contribution in [0.25, 0.3) is 0 Å². The van der Waals surface area contributed by atoms with Gasteiger partial charge in [-0.2, -0.15) is 0 Å². The highest BCUT2D eigenvalue weighted by molar-refractivity contribution is 4.94. The Bertz CT molecular complexity index is 366. The molecule has 0 aromatic carbocycles. The van der Waals surface area contributed by atoms with Crippen LogP contribution in [0, 0.1) is 5.92 Å². The van der Waals surface area contributed by atoms with Crippen LogP contribution >= 0.6 is 0 Å². The van der Waals surface area contributed by atoms with E-state index in [9.17, 15) is 0 Å². The number of nitrogens with one attached hydrogen (secondary N) is 1. The Labute approximate surface area is 109 Å². The van der Waals surface area contributed by atoms with Crippen molar-refractivity contribution in [2.24, 2.45) is 18.8 Å². The number of rotatable bonds is 6. The van der Waals surface area contributed by atoms with Gasteiger partial charge in [-0.1, -0.05) is 6.92 Å². The summed E-state index contributed by atoms with van der Waals surface area (Å²) < 4.78 is 7.81. The molecule has 1 fully saturated rings. The van der Waals surface area contributed by atoms with E-state index in [-0.39, 0.29) is 0 Å². The highest BCUT2D eigenvalue weighted by Crippen LogP contribution is 2.28. The number of nitrogens with zero attached hydrogens (tertiary/aromatic N) is 2. The second kappa shape index (κ2) is 6.31. The molecule has 1 saturated heterocycles. The third-order valence-corrected chi connectivity index (χ3v) is 3.99. The molecule has 3 unspecified atom stereocenters. The van der Waals surface area contributed by atoms with Crippen LogP contribution in [0.3, 0.4) is 0 Å². The largest absolute Gasteiger partial charge is 0.378 e. The highest BCUT2D eigenvalue weighted by atomic mass is 16.5. The second-order valence-corrected chi connectivity index (χ2v) is 5.04. The zero-order chi connectivity index (χ0) is 13.0. The van der Waals surface area contributed by atoms with E-state index in [0.29, 0.717) is 18.1 Å². The van der Waals surface area contributed by atoms with Crippen molar-refractivity contribution in [2.45, 2.75) is 44.8 Å². The van der Waals surface area contributed by atoms with Gasteiger partial charge < -0.3 is 9.30 Å². The lowest BCUT2D eigenvalue weighted by atomic mass is 9.89. The molecule has 1 aliphatic heterocycles. The first-order valence-corrected chi connectivity index (χ1v) is 6.80. The van der Waals surface area contributed by atoms with E-state index >= 15 is 0 Å². The first-order chi connectivity index (χ1) is 8.76. The van der Waals surface area contributed by atoms with E-state index in [1.54, 1.807) is 0 Å². The minimum atomic E-state index is 0.314. The number of nitrogens with two attached hydrogens (primary N) is 1. The predicted molar refractivity (Wildman–Crippen MR) is 70.8 cm³/mol. The van der Waals surface area contributed by atoms with Crippen molar-refractivity contribution in [3.05, 3.63) is 18.2 Å². The van der Waals surface area contributed by atoms with Gasteiger partial charge >= 0.3 is 0 Å². The number of ether oxygens (including phenoxy) is 1. The Hall–Kier alpha value is -0.910. The molecule has 2 rings (SSSR count). The minimum Gasteiger partial charge on any atom is -0.378 e. The monoisotopic (exact) mass is 252 g/mol. The number of hydrogen-bond donors (Lipinski definition) is 2. The van der Waals surface area contributed by atoms with E-state index in [1.807, 2.05) is 19.4 Å². The van der Waals surface area contributed by atoms with Gasteiger partial charge in [-0.15, -0.1) is 0 Å². The fourth-order valence-electron chi connectivity index (χ4n) is 2.89. The Morgan fingerprint density at radius 3 is 3.11 bits per heavy atom. The molecule has 0 radical (unpaired) electrons. The summed E-state index contributed by atoms with van der Waals surface area (Å²) in [6.07, 6.45) is 8.30. The van der Waals surface area contributed by atoms with Gasteiger partial charge in [-0.25, -0.2) is 4.98 Å². The zero-order valence-electron chi connectivity index (χ0n) is 11.3. The molecule has 0 aliphatic carbocycles. The van der Waals surface area contributed by atoms with Gasteiger partial charge in [0.1, 0.15) is 5.82 Å². The van der Waals surface area contributed by atoms with Crippen molar-refractivity contribution < 1.29 is 4.74 Å². The maximum Gasteiger partial charge on any atom is 0.108 e. The van der Waals surface area contributed by atoms with Crippen LogP contribution in [0.15, 0.2) is 12.4 Å². The standard InChI is InChI=1S/C13H24N4O/c1-3-12-10(6-9-18-12)11(16-14)4-5-13-15-7-8-17(13)2/h7-8,10-12,16H,3-6,9,14H2,1-2H3. The van der Waals surface area contributed by atoms with E-state index in [2.05, 4.69) is 21.9 Å². The molecule has 3 N–H and O–H groups in total. The predicted octanol–water partition coefficient (Wildman–Crippen LogP) is 1.000. The van der Waals surface area contributed by atoms with E-state index in [0.717, 1.165) is 38.1 Å². The number of aromatic nitrogens is 2. The Morgan fingerprint density at radius 2 is 2.50 bits per heavy atom. The van der Waals surface area contributed by atoms with Gasteiger partial charge in [0.2, 0.25) is 0 Å². The Balaban J connectivity index is 1.91. The fourth-order valence-corrected chi connectivity index (χ4v) is 2.89. The molecular weight excluding hydrogens is 228 g/mol. The fraction of sp³-hybridized carbons (Fsp3) is 0.769. The van der Waals surface area contributed by atoms with Crippen LogP contribution in [0.5, 0.6) is 0 Å². The lowest BCUT2D eigenvalue weighted by Gasteiger charge is -2.26. The molecular formula is C13H24N4O. The molecule has 1 aromatic heterocycles. The molecule has 2 heterocycles. The van der Waals surface area contributed by atoms with Crippen LogP contribution in [-0.4, -0.2) is 28.3 Å². The lowest BCUT2D eigenvalue weighted by molar-refractivity contribution is 0.0764. The van der Waals surface area contributed by atoms with Crippen LogP contribution in [-0.2, 0) is 18.2 Å². The summed E-state index contributed by atoms with van der Waals surface area (Å²) in [5.74, 6) is 7.36. The van der Waals surface area contributed by atoms with Gasteiger partial charge in [0.25, 0.3) is 0 Å². The Kier molecular flexibility index (Phi) is 4.74. The average molecular weight is 252 g/mol. The quantitative estimate of drug-likeness (QED) is 0.585. The SMILES string of the molecule is CCC1OCCC1C(CCc1nccn1C)NN. The molecule has 5 heteroatoms. The maximum absolute atomic E-state index is 5.74. The number of hydrogen-bond acceptors (Lipinski definition) is 4. The van der Waals surface area contributed by atoms with Gasteiger partial charge in [0.05, 0.1) is 6.10 Å². The van der Waals surface area contributed by atoms with Crippen molar-refractivity contribution >= 4 is 0 Å². The first-order valence-electron chi connectivity index (χ1n) is 6.80. The van der Waals surface area contributed by atoms with Gasteiger partial charge in [-0.05, 0) is 19.3 Å². The molecule has 5 nitrogen and oxygen atoms in total. The summed E-state index contributed by atoms with van der Waals surface area (Å²) in [7, 11) is 2.03. The summed E-state index contributed by atoms with van der Waals surface area (Å²) in [4.78, 5) is 4.35. The summed E-state index contributed by atoms with van der Waals surface area (Å²) in [6, 6.07) is 0.314. The molecule has 0 saturated carbocycles. The van der Waals surface area contributed by atoms with Crippen molar-refractivity contribution in [3.63, 3.8) is 0 Å². The lowest BCUT2D eigenvalue weighted by Crippen LogP contribution is -2.44. The van der Waals surface area contributed by atoms with Crippen LogP contribution < -0.4 is 11.3 Å². The van der Waals surface area contributed by atoms with Crippen LogP contribution in [0.1, 0.15) is 32.0 Å². The minimum absolute atomic E-state index is 0.314. The molecule has 1 aliphatic rings. The highest BCUT2D eigenvalue weighted by Gasteiger charge is 2.32. The van der Waals surface area contributed by atoms with Crippen molar-refractivity contribution in [1.82, 2.24) is 15.0 Å². The molecule has 18 heavy (non-hydrogen) atoms. The summed E-state index contributed by atoms with van der Waals surface area (Å²) >= 11 is 0. The number of imidazole rings is 1. The van der Waals surface area contributed by atoms with E-state index in [4.69, 9.17) is 10.6 Å². The third-order valence-electron chi connectivity index (χ3n) is 3.99. The van der Waals surface area contributed by atoms with Crippen LogP contribution in [0.4, 0.5) is 0 Å². The second-order valence-electron chi connectivity index (χ2n) is 5.04. The number of aryl methyl sites for hydroxylation is 2. The molecule has 102 valence electrons. The van der Waals surface area contributed by atoms with Crippen LogP contribution in [0.2, 0.25) is 0 Å². The van der Waals surface area contributed by atoms with Crippen molar-refractivity contribution in [3.8, 4) is 0 Å². The normalized spacial score (nSPS) is 25.5. The van der Waals surface area contributed by atoms with Crippen molar-refractivity contribution in [1.29, 1.82) is 0 Å². The van der Waals surface area contributed by atoms with E-state index in [1.165, 1.54) is 0 Å². The molecule has 3 atom stereocenters. The van der Waals surface area contributed by atoms with E-state index < -0.39 is 0 Å². The molecule has 0 spiro atoms. The first kappa shape index (κ1) is 13.5. The third kappa shape index (κ3) is 2.91. The van der Waals surface area contributed by atoms with Crippen molar-refractivity contribution in [2.75, 3.05) is 6.61 Å². The summed E-state index contributed by atoms with van der Waals surface area (Å²) in [5.41, 5.74) is 2.97. The Morgan fingerprint density at radius 1 is 1.67 bits per heavy atom.